The Hall–Kier alpha value is -14.0. The van der Waals surface area contributed by atoms with Gasteiger partial charge in [-0.05, 0) is 81.4 Å². The van der Waals surface area contributed by atoms with Crippen LogP contribution in [-0.2, 0) is 0 Å². The number of nitrogens with zero attached hydrogens (tertiary/aromatic N) is 12. The summed E-state index contributed by atoms with van der Waals surface area (Å²) in [6.07, 6.45) is 7.54. The van der Waals surface area contributed by atoms with E-state index >= 15 is 0 Å². The van der Waals surface area contributed by atoms with Gasteiger partial charge in [0.2, 0.25) is 18.6 Å². The molecule has 8 aromatic heterocycles. The molecule has 0 amide bonds. The van der Waals surface area contributed by atoms with Crippen LogP contribution in [0.5, 0.6) is 0 Å². The Morgan fingerprint density at radius 1 is 0.255 bits per heavy atom. The molecule has 0 spiro atoms. The number of para-hydroxylation sites is 6. The van der Waals surface area contributed by atoms with Crippen LogP contribution in [0.1, 0.15) is 16.7 Å². The minimum Gasteiger partial charge on any atom is -0.292 e. The summed E-state index contributed by atoms with van der Waals surface area (Å²) >= 11 is 0. The standard InChI is InChI=1S/C93H61BN12/c1-56-44-57(2)89(58(3)45-56)94(63-30-22-28-61(46-63)77-52-95-54-87(97-77)103-79-40-18-12-32-65(79)71-48-73-67-34-14-20-42-81(67)105(85(73)50-83(71)103)92-99-75-38-16-10-36-69(75)90(101-92)59-24-6-4-7-25-59)64-31-23-29-62(47-64)78-53-96-55-88(98-78)104-80-41-19-13-33-66(80)72-49-74-68-35-15-21-43-82(68)106(86(74)51-84(72)104)93-100-76-39-17-11-37-70(76)91(102-93)60-26-8-5-9-27-60/h4-55H,1-3H3. The smallest absolute Gasteiger partial charge is 0.241 e. The molecule has 0 saturated carbocycles. The Kier molecular flexibility index (Phi) is 13.8. The molecule has 0 aliphatic carbocycles. The number of fused-ring (bicyclic) bond motifs is 14. The second kappa shape index (κ2) is 24.1. The summed E-state index contributed by atoms with van der Waals surface area (Å²) in [5.41, 5.74) is 24.1. The lowest BCUT2D eigenvalue weighted by molar-refractivity contribution is 1.01. The zero-order valence-electron chi connectivity index (χ0n) is 58.0. The van der Waals surface area contributed by atoms with Gasteiger partial charge in [-0.15, -0.1) is 0 Å². The van der Waals surface area contributed by atoms with Crippen molar-refractivity contribution in [1.82, 2.24) is 58.1 Å². The van der Waals surface area contributed by atoms with E-state index in [1.54, 1.807) is 0 Å². The van der Waals surface area contributed by atoms with E-state index in [4.69, 9.17) is 39.9 Å². The van der Waals surface area contributed by atoms with Gasteiger partial charge in [-0.25, -0.2) is 29.9 Å². The first-order valence-electron chi connectivity index (χ1n) is 35.8. The second-order valence-corrected chi connectivity index (χ2v) is 27.7. The average molecular weight is 1360 g/mol. The Morgan fingerprint density at radius 2 is 0.604 bits per heavy atom. The summed E-state index contributed by atoms with van der Waals surface area (Å²) in [6.45, 7) is 6.48. The van der Waals surface area contributed by atoms with Gasteiger partial charge in [-0.1, -0.05) is 264 Å². The third-order valence-corrected chi connectivity index (χ3v) is 21.4. The third kappa shape index (κ3) is 9.63. The fourth-order valence-corrected chi connectivity index (χ4v) is 16.9. The molecule has 0 N–H and O–H groups in total. The monoisotopic (exact) mass is 1360 g/mol. The highest BCUT2D eigenvalue weighted by Crippen LogP contribution is 2.43. The molecule has 13 aromatic carbocycles. The van der Waals surface area contributed by atoms with Crippen LogP contribution in [0.3, 0.4) is 0 Å². The lowest BCUT2D eigenvalue weighted by Crippen LogP contribution is -2.54. The van der Waals surface area contributed by atoms with Gasteiger partial charge in [0.05, 0.1) is 103 Å². The quantitative estimate of drug-likeness (QED) is 0.117. The lowest BCUT2D eigenvalue weighted by atomic mass is 9.35. The molecule has 0 atom stereocenters. The Labute approximate surface area is 608 Å². The number of hydrogen-bond acceptors (Lipinski definition) is 8. The van der Waals surface area contributed by atoms with E-state index in [-0.39, 0.29) is 6.71 Å². The van der Waals surface area contributed by atoms with Crippen molar-refractivity contribution in [3.05, 3.63) is 333 Å². The van der Waals surface area contributed by atoms with Crippen molar-refractivity contribution in [2.75, 3.05) is 0 Å². The van der Waals surface area contributed by atoms with Crippen molar-refractivity contribution in [2.45, 2.75) is 20.8 Å². The number of benzene rings is 13. The van der Waals surface area contributed by atoms with Gasteiger partial charge in [-0.3, -0.25) is 28.2 Å². The van der Waals surface area contributed by atoms with Crippen LogP contribution in [0.2, 0.25) is 0 Å². The topological polar surface area (TPSA) is 123 Å². The van der Waals surface area contributed by atoms with Crippen molar-refractivity contribution in [1.29, 1.82) is 0 Å². The number of aryl methyl sites for hydroxylation is 3. The Morgan fingerprint density at radius 3 is 1.02 bits per heavy atom. The largest absolute Gasteiger partial charge is 0.292 e. The molecule has 21 rings (SSSR count). The highest BCUT2D eigenvalue weighted by Gasteiger charge is 2.29. The molecule has 496 valence electrons. The van der Waals surface area contributed by atoms with Crippen LogP contribution >= 0.6 is 0 Å². The molecular formula is C93H61BN12. The maximum Gasteiger partial charge on any atom is 0.241 e. The van der Waals surface area contributed by atoms with Gasteiger partial charge in [0.15, 0.2) is 11.6 Å². The molecule has 12 nitrogen and oxygen atoms in total. The van der Waals surface area contributed by atoms with Crippen molar-refractivity contribution in [2.24, 2.45) is 0 Å². The molecular weight excluding hydrogens is 1300 g/mol. The van der Waals surface area contributed by atoms with Crippen LogP contribution in [0.4, 0.5) is 0 Å². The van der Waals surface area contributed by atoms with Gasteiger partial charge < -0.3 is 0 Å². The van der Waals surface area contributed by atoms with E-state index in [1.165, 1.54) is 22.2 Å². The third-order valence-electron chi connectivity index (χ3n) is 21.4. The first kappa shape index (κ1) is 60.7. The van der Waals surface area contributed by atoms with Crippen LogP contribution in [0, 0.1) is 20.8 Å². The zero-order valence-corrected chi connectivity index (χ0v) is 58.0. The fourth-order valence-electron chi connectivity index (χ4n) is 16.9. The van der Waals surface area contributed by atoms with E-state index in [9.17, 15) is 0 Å². The summed E-state index contributed by atoms with van der Waals surface area (Å²) < 4.78 is 8.97. The second-order valence-electron chi connectivity index (χ2n) is 27.7. The first-order chi connectivity index (χ1) is 52.3. The normalized spacial score (nSPS) is 11.9. The van der Waals surface area contributed by atoms with Crippen LogP contribution < -0.4 is 16.4 Å². The molecule has 106 heavy (non-hydrogen) atoms. The number of rotatable bonds is 11. The van der Waals surface area contributed by atoms with Gasteiger partial charge >= 0.3 is 0 Å². The molecule has 0 bridgehead atoms. The Bertz CT molecular complexity index is 6790. The highest BCUT2D eigenvalue weighted by atomic mass is 15.2. The van der Waals surface area contributed by atoms with Crippen LogP contribution in [0.25, 0.3) is 178 Å². The number of hydrogen-bond donors (Lipinski definition) is 0. The van der Waals surface area contributed by atoms with E-state index in [0.29, 0.717) is 23.5 Å². The van der Waals surface area contributed by atoms with E-state index in [1.807, 2.05) is 49.1 Å². The summed E-state index contributed by atoms with van der Waals surface area (Å²) in [4.78, 5) is 42.7. The Balaban J connectivity index is 0.684. The van der Waals surface area contributed by atoms with Crippen molar-refractivity contribution < 1.29 is 0 Å². The molecule has 0 fully saturated rings. The minimum absolute atomic E-state index is 0.184. The molecule has 0 saturated heterocycles. The molecule has 0 unspecified atom stereocenters. The van der Waals surface area contributed by atoms with Gasteiger partial charge in [0, 0.05) is 76.1 Å². The summed E-state index contributed by atoms with van der Waals surface area (Å²) in [6, 6.07) is 103. The van der Waals surface area contributed by atoms with Gasteiger partial charge in [0.25, 0.3) is 0 Å². The first-order valence-corrected chi connectivity index (χ1v) is 35.8. The van der Waals surface area contributed by atoms with E-state index in [2.05, 4.69) is 306 Å². The molecule has 0 aliphatic rings. The molecule has 13 heteroatoms. The highest BCUT2D eigenvalue weighted by molar-refractivity contribution is 6.96. The SMILES string of the molecule is Cc1cc(C)c(B(c2cccc(-c3cncc(-n4c5ccccc5c5cc6c7ccccc7n(-c7nc(-c8ccccc8)c8ccccc8n7)c6cc54)n3)c2)c2cccc(-c3cncc(-n4c5ccccc5c5cc6c7ccccc7n(-c7nc(-c8ccccc8)c8ccccc8n7)c6cc54)n3)c2)c(C)c1. The lowest BCUT2D eigenvalue weighted by Gasteiger charge is -2.22. The molecule has 8 heterocycles. The molecule has 21 aromatic rings. The minimum atomic E-state index is -0.184. The van der Waals surface area contributed by atoms with E-state index in [0.717, 1.165) is 165 Å². The van der Waals surface area contributed by atoms with Gasteiger partial charge in [0.1, 0.15) is 0 Å². The maximum absolute atomic E-state index is 5.59. The predicted octanol–water partition coefficient (Wildman–Crippen LogP) is 19.7. The summed E-state index contributed by atoms with van der Waals surface area (Å²) in [5.74, 6) is 2.60. The van der Waals surface area contributed by atoms with Gasteiger partial charge in [-0.2, -0.15) is 0 Å². The van der Waals surface area contributed by atoms with Crippen molar-refractivity contribution in [3.8, 4) is 68.6 Å². The predicted molar refractivity (Wildman–Crippen MR) is 435 cm³/mol. The van der Waals surface area contributed by atoms with Crippen LogP contribution in [-0.4, -0.2) is 64.9 Å². The average Bonchev–Trinajstić information content (AvgIpc) is 1.56. The summed E-state index contributed by atoms with van der Waals surface area (Å²) in [5, 5.41) is 10.9. The number of aromatic nitrogens is 12. The van der Waals surface area contributed by atoms with Crippen molar-refractivity contribution >= 4 is 132 Å². The molecule has 0 aliphatic heterocycles. The molecule has 0 radical (unpaired) electrons. The zero-order chi connectivity index (χ0) is 70.3. The van der Waals surface area contributed by atoms with Crippen LogP contribution in [0.15, 0.2) is 316 Å². The maximum atomic E-state index is 5.59. The van der Waals surface area contributed by atoms with E-state index < -0.39 is 0 Å². The van der Waals surface area contributed by atoms with Crippen molar-refractivity contribution in [3.63, 3.8) is 0 Å². The fraction of sp³-hybridized carbons (Fsp3) is 0.0323. The summed E-state index contributed by atoms with van der Waals surface area (Å²) in [7, 11) is 0.